The van der Waals surface area contributed by atoms with Gasteiger partial charge in [-0.15, -0.1) is 0 Å². The van der Waals surface area contributed by atoms with Crippen LogP contribution in [0, 0.1) is 0 Å². The number of piperazine rings is 1. The number of nitrogens with zero attached hydrogens (tertiary/aromatic N) is 4. The number of hydrogen-bond acceptors (Lipinski definition) is 6. The van der Waals surface area contributed by atoms with Crippen LogP contribution in [0.25, 0.3) is 0 Å². The van der Waals surface area contributed by atoms with E-state index in [0.29, 0.717) is 5.95 Å². The first-order valence-corrected chi connectivity index (χ1v) is 8.01. The molecule has 0 aliphatic carbocycles. The number of rotatable bonds is 5. The molecule has 2 aromatic rings. The Morgan fingerprint density at radius 1 is 1.09 bits per heavy atom. The summed E-state index contributed by atoms with van der Waals surface area (Å²) < 4.78 is 5.47. The van der Waals surface area contributed by atoms with Crippen molar-refractivity contribution in [3.63, 3.8) is 0 Å². The van der Waals surface area contributed by atoms with Crippen LogP contribution < -0.4 is 19.9 Å². The van der Waals surface area contributed by atoms with Gasteiger partial charge in [-0.3, -0.25) is 0 Å². The van der Waals surface area contributed by atoms with Gasteiger partial charge in [0.1, 0.15) is 11.6 Å². The Morgan fingerprint density at radius 3 is 2.57 bits per heavy atom. The van der Waals surface area contributed by atoms with E-state index in [1.807, 2.05) is 31.3 Å². The van der Waals surface area contributed by atoms with Crippen molar-refractivity contribution in [2.24, 2.45) is 0 Å². The largest absolute Gasteiger partial charge is 0.495 e. The summed E-state index contributed by atoms with van der Waals surface area (Å²) in [7, 11) is 1.72. The zero-order valence-electron chi connectivity index (χ0n) is 13.7. The molecule has 0 saturated carbocycles. The van der Waals surface area contributed by atoms with Crippen LogP contribution in [0.4, 0.5) is 17.5 Å². The summed E-state index contributed by atoms with van der Waals surface area (Å²) >= 11 is 0. The predicted molar refractivity (Wildman–Crippen MR) is 93.6 cm³/mol. The first kappa shape index (κ1) is 15.4. The number of hydrogen-bond donors (Lipinski definition) is 1. The summed E-state index contributed by atoms with van der Waals surface area (Å²) in [6.07, 6.45) is 1.81. The smallest absolute Gasteiger partial charge is 0.224 e. The van der Waals surface area contributed by atoms with E-state index in [4.69, 9.17) is 4.74 Å². The van der Waals surface area contributed by atoms with Crippen LogP contribution in [0.3, 0.4) is 0 Å². The van der Waals surface area contributed by atoms with Crippen molar-refractivity contribution in [2.45, 2.75) is 6.92 Å². The van der Waals surface area contributed by atoms with Crippen molar-refractivity contribution in [1.29, 1.82) is 0 Å². The maximum atomic E-state index is 5.47. The van der Waals surface area contributed by atoms with Crippen LogP contribution in [0.2, 0.25) is 0 Å². The van der Waals surface area contributed by atoms with Gasteiger partial charge in [0, 0.05) is 38.9 Å². The van der Waals surface area contributed by atoms with E-state index in [2.05, 4.69) is 37.2 Å². The third kappa shape index (κ3) is 3.47. The lowest BCUT2D eigenvalue weighted by atomic mass is 10.2. The molecule has 1 aliphatic rings. The van der Waals surface area contributed by atoms with Crippen molar-refractivity contribution in [3.05, 3.63) is 36.5 Å². The molecule has 1 aliphatic heterocycles. The maximum absolute atomic E-state index is 5.47. The average Bonchev–Trinajstić information content (AvgIpc) is 2.62. The third-order valence-electron chi connectivity index (χ3n) is 4.01. The summed E-state index contributed by atoms with van der Waals surface area (Å²) in [5.74, 6) is 2.60. The lowest BCUT2D eigenvalue weighted by molar-refractivity contribution is 0.413. The van der Waals surface area contributed by atoms with Gasteiger partial charge in [-0.2, -0.15) is 4.98 Å². The summed E-state index contributed by atoms with van der Waals surface area (Å²) in [6, 6.07) is 10.1. The van der Waals surface area contributed by atoms with Crippen molar-refractivity contribution in [2.75, 3.05) is 55.0 Å². The Kier molecular flexibility index (Phi) is 4.80. The average molecular weight is 313 g/mol. The number of nitrogens with one attached hydrogen (secondary N) is 1. The van der Waals surface area contributed by atoms with Crippen LogP contribution >= 0.6 is 0 Å². The van der Waals surface area contributed by atoms with Crippen LogP contribution in [-0.2, 0) is 0 Å². The van der Waals surface area contributed by atoms with Gasteiger partial charge in [0.15, 0.2) is 0 Å². The first-order chi connectivity index (χ1) is 11.3. The van der Waals surface area contributed by atoms with Gasteiger partial charge in [0.05, 0.1) is 12.8 Å². The topological polar surface area (TPSA) is 53.5 Å². The first-order valence-electron chi connectivity index (χ1n) is 8.01. The molecule has 0 amide bonds. The van der Waals surface area contributed by atoms with Crippen molar-refractivity contribution in [1.82, 2.24) is 9.97 Å². The molecule has 1 fully saturated rings. The normalized spacial score (nSPS) is 14.7. The molecule has 0 bridgehead atoms. The minimum atomic E-state index is 0.692. The zero-order chi connectivity index (χ0) is 16.1. The van der Waals surface area contributed by atoms with Crippen LogP contribution in [0.5, 0.6) is 5.75 Å². The van der Waals surface area contributed by atoms with Gasteiger partial charge >= 0.3 is 0 Å². The second-order valence-corrected chi connectivity index (χ2v) is 5.41. The Labute approximate surface area is 137 Å². The van der Waals surface area contributed by atoms with E-state index in [9.17, 15) is 0 Å². The minimum absolute atomic E-state index is 0.692. The SMILES string of the molecule is CCNc1nccc(N2CCN(c3ccccc3OC)CC2)n1. The fraction of sp³-hybridized carbons (Fsp3) is 0.412. The molecule has 1 aromatic carbocycles. The molecule has 0 radical (unpaired) electrons. The minimum Gasteiger partial charge on any atom is -0.495 e. The molecular formula is C17H23N5O. The van der Waals surface area contributed by atoms with E-state index in [1.54, 1.807) is 7.11 Å². The summed E-state index contributed by atoms with van der Waals surface area (Å²) in [5, 5.41) is 3.16. The molecule has 23 heavy (non-hydrogen) atoms. The fourth-order valence-corrected chi connectivity index (χ4v) is 2.84. The molecule has 0 spiro atoms. The van der Waals surface area contributed by atoms with Crippen molar-refractivity contribution < 1.29 is 4.74 Å². The highest BCUT2D eigenvalue weighted by Crippen LogP contribution is 2.28. The van der Waals surface area contributed by atoms with Gasteiger partial charge < -0.3 is 19.9 Å². The van der Waals surface area contributed by atoms with E-state index < -0.39 is 0 Å². The highest BCUT2D eigenvalue weighted by Gasteiger charge is 2.20. The van der Waals surface area contributed by atoms with Crippen molar-refractivity contribution in [3.8, 4) is 5.75 Å². The van der Waals surface area contributed by atoms with E-state index in [0.717, 1.165) is 50.0 Å². The number of benzene rings is 1. The maximum Gasteiger partial charge on any atom is 0.224 e. The van der Waals surface area contributed by atoms with Crippen molar-refractivity contribution >= 4 is 17.5 Å². The van der Waals surface area contributed by atoms with Crippen LogP contribution in [0.1, 0.15) is 6.92 Å². The zero-order valence-corrected chi connectivity index (χ0v) is 13.7. The lowest BCUT2D eigenvalue weighted by Crippen LogP contribution is -2.47. The number of para-hydroxylation sites is 2. The number of aromatic nitrogens is 2. The highest BCUT2D eigenvalue weighted by atomic mass is 16.5. The molecule has 1 N–H and O–H groups in total. The quantitative estimate of drug-likeness (QED) is 0.914. The number of ether oxygens (including phenoxy) is 1. The monoisotopic (exact) mass is 313 g/mol. The standard InChI is InChI=1S/C17H23N5O/c1-3-18-17-19-9-8-16(20-17)22-12-10-21(11-13-22)14-6-4-5-7-15(14)23-2/h4-9H,3,10-13H2,1-2H3,(H,18,19,20). The van der Waals surface area contributed by atoms with Crippen LogP contribution in [0.15, 0.2) is 36.5 Å². The van der Waals surface area contributed by atoms with Gasteiger partial charge in [-0.05, 0) is 25.1 Å². The molecule has 0 unspecified atom stereocenters. The van der Waals surface area contributed by atoms with Gasteiger partial charge in [0.25, 0.3) is 0 Å². The van der Waals surface area contributed by atoms with E-state index in [1.165, 1.54) is 0 Å². The molecule has 122 valence electrons. The predicted octanol–water partition coefficient (Wildman–Crippen LogP) is 2.24. The highest BCUT2D eigenvalue weighted by molar-refractivity contribution is 5.59. The Balaban J connectivity index is 1.67. The molecule has 3 rings (SSSR count). The fourth-order valence-electron chi connectivity index (χ4n) is 2.84. The molecule has 1 aromatic heterocycles. The summed E-state index contributed by atoms with van der Waals surface area (Å²) in [6.45, 7) is 6.62. The van der Waals surface area contributed by atoms with E-state index in [-0.39, 0.29) is 0 Å². The molecule has 6 heteroatoms. The molecule has 6 nitrogen and oxygen atoms in total. The third-order valence-corrected chi connectivity index (χ3v) is 4.01. The molecule has 2 heterocycles. The van der Waals surface area contributed by atoms with Gasteiger partial charge in [-0.25, -0.2) is 4.98 Å². The second kappa shape index (κ2) is 7.17. The van der Waals surface area contributed by atoms with Gasteiger partial charge in [-0.1, -0.05) is 12.1 Å². The Hall–Kier alpha value is -2.50. The molecular weight excluding hydrogens is 290 g/mol. The molecule has 0 atom stereocenters. The summed E-state index contributed by atoms with van der Waals surface area (Å²) in [4.78, 5) is 13.5. The number of anilines is 3. The molecule has 1 saturated heterocycles. The second-order valence-electron chi connectivity index (χ2n) is 5.41. The van der Waals surface area contributed by atoms with Crippen LogP contribution in [-0.4, -0.2) is 49.8 Å². The van der Waals surface area contributed by atoms with E-state index >= 15 is 0 Å². The summed E-state index contributed by atoms with van der Waals surface area (Å²) in [5.41, 5.74) is 1.16. The van der Waals surface area contributed by atoms with Gasteiger partial charge in [0.2, 0.25) is 5.95 Å². The number of methoxy groups -OCH3 is 1. The lowest BCUT2D eigenvalue weighted by Gasteiger charge is -2.37. The Bertz CT molecular complexity index is 640. The Morgan fingerprint density at radius 2 is 1.83 bits per heavy atom.